The van der Waals surface area contributed by atoms with Crippen molar-refractivity contribution in [3.63, 3.8) is 0 Å². The summed E-state index contributed by atoms with van der Waals surface area (Å²) in [5.74, 6) is 0.782. The highest BCUT2D eigenvalue weighted by molar-refractivity contribution is 7.80. The molecule has 0 aliphatic rings. The lowest BCUT2D eigenvalue weighted by atomic mass is 10.2. The minimum atomic E-state index is 0.429. The van der Waals surface area contributed by atoms with Crippen LogP contribution in [0.4, 0.5) is 11.4 Å². The van der Waals surface area contributed by atoms with Gasteiger partial charge in [-0.1, -0.05) is 12.1 Å². The molecule has 5 heteroatoms. The third kappa shape index (κ3) is 3.46. The molecule has 0 aliphatic carbocycles. The predicted molar refractivity (Wildman–Crippen MR) is 84.0 cm³/mol. The molecule has 4 nitrogen and oxygen atoms in total. The summed E-state index contributed by atoms with van der Waals surface area (Å²) < 4.78 is 5.09. The minimum absolute atomic E-state index is 0.429. The van der Waals surface area contributed by atoms with Crippen LogP contribution in [0, 0.1) is 11.3 Å². The van der Waals surface area contributed by atoms with E-state index in [0.29, 0.717) is 16.4 Å². The quantitative estimate of drug-likeness (QED) is 0.846. The Morgan fingerprint density at radius 3 is 2.45 bits per heavy atom. The first-order valence-electron chi connectivity index (χ1n) is 5.94. The monoisotopic (exact) mass is 283 g/mol. The highest BCUT2D eigenvalue weighted by atomic mass is 32.1. The van der Waals surface area contributed by atoms with Gasteiger partial charge in [-0.25, -0.2) is 0 Å². The van der Waals surface area contributed by atoms with E-state index in [-0.39, 0.29) is 0 Å². The molecule has 2 rings (SSSR count). The van der Waals surface area contributed by atoms with Crippen molar-refractivity contribution in [2.45, 2.75) is 0 Å². The number of hydrogen-bond donors (Lipinski definition) is 2. The molecule has 0 radical (unpaired) electrons. The molecule has 0 bridgehead atoms. The third-order valence-corrected chi connectivity index (χ3v) is 2.85. The molecule has 0 spiro atoms. The molecular weight excluding hydrogens is 270 g/mol. The summed E-state index contributed by atoms with van der Waals surface area (Å²) >= 11 is 5.22. The SMILES string of the molecule is COc1ccc(NC(=S)Nc2ccccc2C#N)cc1. The number of anilines is 2. The second-order valence-electron chi connectivity index (χ2n) is 3.97. The summed E-state index contributed by atoms with van der Waals surface area (Å²) in [6.07, 6.45) is 0. The molecule has 0 saturated carbocycles. The number of hydrogen-bond acceptors (Lipinski definition) is 3. The van der Waals surface area contributed by atoms with Crippen LogP contribution in [0.5, 0.6) is 5.75 Å². The van der Waals surface area contributed by atoms with Gasteiger partial charge in [0.2, 0.25) is 0 Å². The molecule has 0 atom stereocenters. The Labute approximate surface area is 123 Å². The fourth-order valence-corrected chi connectivity index (χ4v) is 1.88. The summed E-state index contributed by atoms with van der Waals surface area (Å²) in [6.45, 7) is 0. The van der Waals surface area contributed by atoms with Crippen LogP contribution in [0.2, 0.25) is 0 Å². The van der Waals surface area contributed by atoms with E-state index in [1.807, 2.05) is 36.4 Å². The average Bonchev–Trinajstić information content (AvgIpc) is 2.48. The van der Waals surface area contributed by atoms with Gasteiger partial charge in [0.15, 0.2) is 5.11 Å². The molecule has 0 amide bonds. The smallest absolute Gasteiger partial charge is 0.175 e. The first-order chi connectivity index (χ1) is 9.72. The van der Waals surface area contributed by atoms with Gasteiger partial charge in [0, 0.05) is 5.69 Å². The normalized spacial score (nSPS) is 9.40. The molecule has 2 aromatic rings. The van der Waals surface area contributed by atoms with Gasteiger partial charge < -0.3 is 15.4 Å². The van der Waals surface area contributed by atoms with E-state index in [2.05, 4.69) is 16.7 Å². The van der Waals surface area contributed by atoms with Crippen molar-refractivity contribution in [1.29, 1.82) is 5.26 Å². The number of para-hydroxylation sites is 1. The predicted octanol–water partition coefficient (Wildman–Crippen LogP) is 3.38. The number of nitriles is 1. The summed E-state index contributed by atoms with van der Waals surface area (Å²) in [7, 11) is 1.62. The molecule has 100 valence electrons. The Bertz CT molecular complexity index is 647. The van der Waals surface area contributed by atoms with E-state index < -0.39 is 0 Å². The van der Waals surface area contributed by atoms with Crippen LogP contribution in [0.3, 0.4) is 0 Å². The largest absolute Gasteiger partial charge is 0.497 e. The van der Waals surface area contributed by atoms with Gasteiger partial charge in [-0.2, -0.15) is 5.26 Å². The fourth-order valence-electron chi connectivity index (χ4n) is 1.65. The highest BCUT2D eigenvalue weighted by Crippen LogP contribution is 2.17. The molecule has 2 N–H and O–H groups in total. The zero-order valence-corrected chi connectivity index (χ0v) is 11.7. The van der Waals surface area contributed by atoms with Crippen molar-refractivity contribution in [3.8, 4) is 11.8 Å². The van der Waals surface area contributed by atoms with Crippen molar-refractivity contribution in [2.75, 3.05) is 17.7 Å². The van der Waals surface area contributed by atoms with Crippen molar-refractivity contribution in [1.82, 2.24) is 0 Å². The van der Waals surface area contributed by atoms with Crippen molar-refractivity contribution >= 4 is 28.7 Å². The molecule has 20 heavy (non-hydrogen) atoms. The highest BCUT2D eigenvalue weighted by Gasteiger charge is 2.03. The number of benzene rings is 2. The van der Waals surface area contributed by atoms with E-state index in [1.54, 1.807) is 19.2 Å². The Balaban J connectivity index is 2.03. The van der Waals surface area contributed by atoms with E-state index in [9.17, 15) is 0 Å². The lowest BCUT2D eigenvalue weighted by Gasteiger charge is -2.11. The number of ether oxygens (including phenoxy) is 1. The molecular formula is C15H13N3OS. The van der Waals surface area contributed by atoms with E-state index >= 15 is 0 Å². The van der Waals surface area contributed by atoms with Crippen molar-refractivity contribution in [2.24, 2.45) is 0 Å². The van der Waals surface area contributed by atoms with Gasteiger partial charge in [0.1, 0.15) is 11.8 Å². The maximum atomic E-state index is 9.01. The van der Waals surface area contributed by atoms with Gasteiger partial charge in [-0.3, -0.25) is 0 Å². The van der Waals surface area contributed by atoms with Crippen LogP contribution in [-0.4, -0.2) is 12.2 Å². The molecule has 0 aliphatic heterocycles. The lowest BCUT2D eigenvalue weighted by Crippen LogP contribution is -2.19. The summed E-state index contributed by atoms with van der Waals surface area (Å²) in [5.41, 5.74) is 2.07. The van der Waals surface area contributed by atoms with Crippen LogP contribution >= 0.6 is 12.2 Å². The van der Waals surface area contributed by atoms with Crippen LogP contribution < -0.4 is 15.4 Å². The van der Waals surface area contributed by atoms with Gasteiger partial charge in [0.05, 0.1) is 18.4 Å². The number of nitrogens with zero attached hydrogens (tertiary/aromatic N) is 1. The maximum absolute atomic E-state index is 9.01. The summed E-state index contributed by atoms with van der Waals surface area (Å²) in [4.78, 5) is 0. The number of methoxy groups -OCH3 is 1. The van der Waals surface area contributed by atoms with Crippen LogP contribution in [0.25, 0.3) is 0 Å². The molecule has 0 heterocycles. The maximum Gasteiger partial charge on any atom is 0.175 e. The zero-order valence-electron chi connectivity index (χ0n) is 10.9. The van der Waals surface area contributed by atoms with Gasteiger partial charge in [-0.15, -0.1) is 0 Å². The topological polar surface area (TPSA) is 57.1 Å². The lowest BCUT2D eigenvalue weighted by molar-refractivity contribution is 0.415. The standard InChI is InChI=1S/C15H13N3OS/c1-19-13-8-6-12(7-9-13)17-15(20)18-14-5-3-2-4-11(14)10-16/h2-9H,1H3,(H2,17,18,20). The van der Waals surface area contributed by atoms with Crippen molar-refractivity contribution in [3.05, 3.63) is 54.1 Å². The van der Waals surface area contributed by atoms with E-state index in [1.165, 1.54) is 0 Å². The van der Waals surface area contributed by atoms with Crippen LogP contribution in [0.1, 0.15) is 5.56 Å². The number of rotatable bonds is 3. The molecule has 0 saturated heterocycles. The third-order valence-electron chi connectivity index (χ3n) is 2.64. The molecule has 0 unspecified atom stereocenters. The van der Waals surface area contributed by atoms with Gasteiger partial charge in [-0.05, 0) is 48.6 Å². The van der Waals surface area contributed by atoms with E-state index in [0.717, 1.165) is 11.4 Å². The number of thiocarbonyl (C=S) groups is 1. The van der Waals surface area contributed by atoms with Crippen LogP contribution in [-0.2, 0) is 0 Å². The van der Waals surface area contributed by atoms with Gasteiger partial charge in [0.25, 0.3) is 0 Å². The van der Waals surface area contributed by atoms with Crippen molar-refractivity contribution < 1.29 is 4.74 Å². The zero-order chi connectivity index (χ0) is 14.4. The summed E-state index contributed by atoms with van der Waals surface area (Å²) in [5, 5.41) is 15.5. The fraction of sp³-hybridized carbons (Fsp3) is 0.0667. The Kier molecular flexibility index (Phi) is 4.53. The first-order valence-corrected chi connectivity index (χ1v) is 6.35. The van der Waals surface area contributed by atoms with Crippen LogP contribution in [0.15, 0.2) is 48.5 Å². The molecule has 2 aromatic carbocycles. The summed E-state index contributed by atoms with van der Waals surface area (Å²) in [6, 6.07) is 16.7. The Hall–Kier alpha value is -2.58. The first kappa shape index (κ1) is 13.8. The second kappa shape index (κ2) is 6.55. The van der Waals surface area contributed by atoms with Gasteiger partial charge >= 0.3 is 0 Å². The minimum Gasteiger partial charge on any atom is -0.497 e. The average molecular weight is 283 g/mol. The number of nitrogens with one attached hydrogen (secondary N) is 2. The Morgan fingerprint density at radius 2 is 1.80 bits per heavy atom. The van der Waals surface area contributed by atoms with E-state index in [4.69, 9.17) is 22.2 Å². The molecule has 0 aromatic heterocycles. The Morgan fingerprint density at radius 1 is 1.10 bits per heavy atom. The second-order valence-corrected chi connectivity index (χ2v) is 4.37. The molecule has 0 fully saturated rings.